The van der Waals surface area contributed by atoms with E-state index in [9.17, 15) is 9.90 Å². The molecule has 124 valence electrons. The van der Waals surface area contributed by atoms with Crippen molar-refractivity contribution in [3.8, 4) is 0 Å². The third-order valence-corrected chi connectivity index (χ3v) is 5.72. The van der Waals surface area contributed by atoms with Crippen molar-refractivity contribution in [1.82, 2.24) is 0 Å². The van der Waals surface area contributed by atoms with Crippen LogP contribution in [0.15, 0.2) is 54.6 Å². The van der Waals surface area contributed by atoms with Gasteiger partial charge in [0.25, 0.3) is 0 Å². The highest BCUT2D eigenvalue weighted by molar-refractivity contribution is 7.19. The van der Waals surface area contributed by atoms with Crippen LogP contribution >= 0.6 is 11.3 Å². The molecule has 0 radical (unpaired) electrons. The molecule has 0 aliphatic rings. The fourth-order valence-corrected chi connectivity index (χ4v) is 4.32. The molecule has 0 saturated carbocycles. The number of aryl methyl sites for hydroxylation is 1. The van der Waals surface area contributed by atoms with E-state index >= 15 is 0 Å². The molecule has 3 aromatic rings. The molecule has 0 bridgehead atoms. The molecule has 2 nitrogen and oxygen atoms in total. The summed E-state index contributed by atoms with van der Waals surface area (Å²) in [7, 11) is 0. The SMILES string of the molecule is CCCc1ccc(C(C)(Cc2cc3ccccc3s2)C(=O)O)cc1. The average Bonchev–Trinajstić information content (AvgIpc) is 2.97. The van der Waals surface area contributed by atoms with Gasteiger partial charge in [-0.25, -0.2) is 0 Å². The minimum absolute atomic E-state index is 0.509. The minimum atomic E-state index is -0.911. The van der Waals surface area contributed by atoms with Crippen LogP contribution < -0.4 is 0 Å². The van der Waals surface area contributed by atoms with Crippen LogP contribution in [-0.4, -0.2) is 11.1 Å². The van der Waals surface area contributed by atoms with E-state index in [-0.39, 0.29) is 0 Å². The number of carbonyl (C=O) groups is 1. The Labute approximate surface area is 146 Å². The molecule has 0 amide bonds. The van der Waals surface area contributed by atoms with E-state index < -0.39 is 11.4 Å². The van der Waals surface area contributed by atoms with Gasteiger partial charge in [0.15, 0.2) is 0 Å². The maximum Gasteiger partial charge on any atom is 0.314 e. The van der Waals surface area contributed by atoms with E-state index in [1.54, 1.807) is 11.3 Å². The lowest BCUT2D eigenvalue weighted by molar-refractivity contribution is -0.143. The molecule has 3 rings (SSSR count). The maximum atomic E-state index is 12.1. The van der Waals surface area contributed by atoms with Gasteiger partial charge in [-0.05, 0) is 42.0 Å². The second-order valence-electron chi connectivity index (χ2n) is 6.51. The lowest BCUT2D eigenvalue weighted by atomic mass is 9.78. The Kier molecular flexibility index (Phi) is 4.72. The Morgan fingerprint density at radius 3 is 2.46 bits per heavy atom. The van der Waals surface area contributed by atoms with Crippen molar-refractivity contribution < 1.29 is 9.90 Å². The summed E-state index contributed by atoms with van der Waals surface area (Å²) in [6.07, 6.45) is 2.63. The van der Waals surface area contributed by atoms with Crippen molar-refractivity contribution in [2.24, 2.45) is 0 Å². The van der Waals surface area contributed by atoms with Crippen LogP contribution in [0.5, 0.6) is 0 Å². The molecule has 1 unspecified atom stereocenters. The van der Waals surface area contributed by atoms with E-state index in [1.807, 2.05) is 31.2 Å². The summed E-state index contributed by atoms with van der Waals surface area (Å²) < 4.78 is 1.21. The van der Waals surface area contributed by atoms with Gasteiger partial charge in [-0.1, -0.05) is 55.8 Å². The van der Waals surface area contributed by atoms with Gasteiger partial charge in [-0.3, -0.25) is 4.79 Å². The van der Waals surface area contributed by atoms with Crippen molar-refractivity contribution in [1.29, 1.82) is 0 Å². The average molecular weight is 338 g/mol. The molecule has 1 heterocycles. The number of benzene rings is 2. The highest BCUT2D eigenvalue weighted by Gasteiger charge is 2.35. The molecule has 0 aliphatic heterocycles. The van der Waals surface area contributed by atoms with E-state index in [1.165, 1.54) is 15.6 Å². The van der Waals surface area contributed by atoms with Gasteiger partial charge in [0.1, 0.15) is 0 Å². The predicted octanol–water partition coefficient (Wildman–Crippen LogP) is 5.44. The Morgan fingerprint density at radius 2 is 1.83 bits per heavy atom. The van der Waals surface area contributed by atoms with Gasteiger partial charge in [-0.2, -0.15) is 0 Å². The summed E-state index contributed by atoms with van der Waals surface area (Å²) in [5.74, 6) is -0.775. The van der Waals surface area contributed by atoms with Gasteiger partial charge < -0.3 is 5.11 Å². The molecule has 2 aromatic carbocycles. The van der Waals surface area contributed by atoms with Crippen LogP contribution in [0, 0.1) is 0 Å². The fourth-order valence-electron chi connectivity index (χ4n) is 3.10. The minimum Gasteiger partial charge on any atom is -0.481 e. The Balaban J connectivity index is 1.93. The van der Waals surface area contributed by atoms with Gasteiger partial charge in [0.05, 0.1) is 5.41 Å². The number of rotatable bonds is 6. The van der Waals surface area contributed by atoms with Crippen LogP contribution in [0.4, 0.5) is 0 Å². The Bertz CT molecular complexity index is 815. The van der Waals surface area contributed by atoms with Crippen LogP contribution in [-0.2, 0) is 23.1 Å². The number of carboxylic acid groups (broad SMARTS) is 1. The van der Waals surface area contributed by atoms with E-state index in [0.717, 1.165) is 23.3 Å². The summed E-state index contributed by atoms with van der Waals surface area (Å²) in [6.45, 7) is 3.98. The smallest absolute Gasteiger partial charge is 0.314 e. The highest BCUT2D eigenvalue weighted by atomic mass is 32.1. The number of thiophene rings is 1. The maximum absolute atomic E-state index is 12.1. The third kappa shape index (κ3) is 3.22. The predicted molar refractivity (Wildman–Crippen MR) is 101 cm³/mol. The van der Waals surface area contributed by atoms with Crippen molar-refractivity contribution in [2.45, 2.75) is 38.5 Å². The zero-order valence-corrected chi connectivity index (χ0v) is 14.9. The zero-order chi connectivity index (χ0) is 17.2. The first-order valence-electron chi connectivity index (χ1n) is 8.33. The number of hydrogen-bond acceptors (Lipinski definition) is 2. The molecular weight excluding hydrogens is 316 g/mol. The fraction of sp³-hybridized carbons (Fsp3) is 0.286. The molecule has 3 heteroatoms. The second kappa shape index (κ2) is 6.78. The van der Waals surface area contributed by atoms with Gasteiger partial charge in [0, 0.05) is 16.0 Å². The topological polar surface area (TPSA) is 37.3 Å². The van der Waals surface area contributed by atoms with Crippen LogP contribution in [0.3, 0.4) is 0 Å². The molecule has 1 N–H and O–H groups in total. The first kappa shape index (κ1) is 16.7. The molecule has 1 atom stereocenters. The van der Waals surface area contributed by atoms with Crippen LogP contribution in [0.1, 0.15) is 36.3 Å². The number of fused-ring (bicyclic) bond motifs is 1. The summed E-state index contributed by atoms with van der Waals surface area (Å²) >= 11 is 1.68. The molecule has 24 heavy (non-hydrogen) atoms. The first-order valence-corrected chi connectivity index (χ1v) is 9.15. The summed E-state index contributed by atoms with van der Waals surface area (Å²) in [6, 6.07) is 18.4. The van der Waals surface area contributed by atoms with Crippen molar-refractivity contribution in [3.63, 3.8) is 0 Å². The van der Waals surface area contributed by atoms with E-state index in [0.29, 0.717) is 6.42 Å². The summed E-state index contributed by atoms with van der Waals surface area (Å²) in [4.78, 5) is 13.2. The van der Waals surface area contributed by atoms with Gasteiger partial charge in [-0.15, -0.1) is 11.3 Å². The molecule has 0 saturated heterocycles. The van der Waals surface area contributed by atoms with Gasteiger partial charge >= 0.3 is 5.97 Å². The molecule has 1 aromatic heterocycles. The number of aliphatic carboxylic acids is 1. The Morgan fingerprint density at radius 1 is 1.12 bits per heavy atom. The normalized spacial score (nSPS) is 13.8. The quantitative estimate of drug-likeness (QED) is 0.650. The van der Waals surface area contributed by atoms with Crippen molar-refractivity contribution >= 4 is 27.4 Å². The van der Waals surface area contributed by atoms with Crippen LogP contribution in [0.25, 0.3) is 10.1 Å². The van der Waals surface area contributed by atoms with Crippen molar-refractivity contribution in [2.75, 3.05) is 0 Å². The lowest BCUT2D eigenvalue weighted by Crippen LogP contribution is -2.34. The van der Waals surface area contributed by atoms with Crippen molar-refractivity contribution in [3.05, 3.63) is 70.6 Å². The Hall–Kier alpha value is -2.13. The zero-order valence-electron chi connectivity index (χ0n) is 14.1. The monoisotopic (exact) mass is 338 g/mol. The number of hydrogen-bond donors (Lipinski definition) is 1. The highest BCUT2D eigenvalue weighted by Crippen LogP contribution is 2.34. The van der Waals surface area contributed by atoms with Gasteiger partial charge in [0.2, 0.25) is 0 Å². The van der Waals surface area contributed by atoms with E-state index in [4.69, 9.17) is 0 Å². The standard InChI is InChI=1S/C21H22O2S/c1-3-6-15-9-11-17(12-10-15)21(2,20(22)23)14-18-13-16-7-4-5-8-19(16)24-18/h4-5,7-13H,3,6,14H2,1-2H3,(H,22,23). The molecular formula is C21H22O2S. The first-order chi connectivity index (χ1) is 11.5. The summed E-state index contributed by atoms with van der Waals surface area (Å²) in [5, 5.41) is 11.1. The molecule has 0 spiro atoms. The second-order valence-corrected chi connectivity index (χ2v) is 7.68. The molecule has 0 fully saturated rings. The summed E-state index contributed by atoms with van der Waals surface area (Å²) in [5.41, 5.74) is 1.22. The molecule has 0 aliphatic carbocycles. The largest absolute Gasteiger partial charge is 0.481 e. The lowest BCUT2D eigenvalue weighted by Gasteiger charge is -2.25. The third-order valence-electron chi connectivity index (χ3n) is 4.61. The van der Waals surface area contributed by atoms with Crippen LogP contribution in [0.2, 0.25) is 0 Å². The van der Waals surface area contributed by atoms with E-state index in [2.05, 4.69) is 37.3 Å². The number of carboxylic acids is 1.